The standard InChI is InChI=1S/C12H8ClIN2/c13-9-6-7-12(11(14)8-9)16-15-10-4-2-1-3-5-10/h1-8H. The molecule has 4 heteroatoms. The molecule has 0 radical (unpaired) electrons. The lowest BCUT2D eigenvalue weighted by molar-refractivity contribution is 1.22. The van der Waals surface area contributed by atoms with E-state index in [1.807, 2.05) is 48.5 Å². The molecule has 0 saturated carbocycles. The predicted molar refractivity (Wildman–Crippen MR) is 74.8 cm³/mol. The molecule has 2 aromatic rings. The Labute approximate surface area is 113 Å². The number of azo groups is 1. The van der Waals surface area contributed by atoms with Gasteiger partial charge in [0.15, 0.2) is 0 Å². The summed E-state index contributed by atoms with van der Waals surface area (Å²) in [5.41, 5.74) is 1.67. The molecular formula is C12H8ClIN2. The van der Waals surface area contributed by atoms with Gasteiger partial charge in [-0.3, -0.25) is 0 Å². The van der Waals surface area contributed by atoms with E-state index < -0.39 is 0 Å². The van der Waals surface area contributed by atoms with Crippen molar-refractivity contribution in [3.63, 3.8) is 0 Å². The van der Waals surface area contributed by atoms with Gasteiger partial charge in [-0.15, -0.1) is 5.11 Å². The SMILES string of the molecule is Clc1ccc(N=Nc2ccccc2)c(I)c1. The maximum absolute atomic E-state index is 5.86. The van der Waals surface area contributed by atoms with Crippen LogP contribution < -0.4 is 0 Å². The average Bonchev–Trinajstić information content (AvgIpc) is 2.29. The number of hydrogen-bond acceptors (Lipinski definition) is 2. The fourth-order valence-electron chi connectivity index (χ4n) is 1.17. The minimum atomic E-state index is 0.711. The minimum Gasteiger partial charge on any atom is -0.151 e. The van der Waals surface area contributed by atoms with E-state index in [1.54, 1.807) is 0 Å². The average molecular weight is 343 g/mol. The van der Waals surface area contributed by atoms with Crippen molar-refractivity contribution in [2.45, 2.75) is 0 Å². The lowest BCUT2D eigenvalue weighted by Crippen LogP contribution is -1.72. The summed E-state index contributed by atoms with van der Waals surface area (Å²) in [6.45, 7) is 0. The van der Waals surface area contributed by atoms with Gasteiger partial charge in [-0.05, 0) is 52.9 Å². The highest BCUT2D eigenvalue weighted by Gasteiger charge is 1.98. The van der Waals surface area contributed by atoms with Gasteiger partial charge in [-0.1, -0.05) is 29.8 Å². The number of hydrogen-bond donors (Lipinski definition) is 0. The van der Waals surface area contributed by atoms with Crippen molar-refractivity contribution in [3.05, 3.63) is 57.1 Å². The molecule has 80 valence electrons. The zero-order valence-corrected chi connectivity index (χ0v) is 11.2. The minimum absolute atomic E-state index is 0.711. The van der Waals surface area contributed by atoms with E-state index in [0.717, 1.165) is 14.9 Å². The van der Waals surface area contributed by atoms with Gasteiger partial charge < -0.3 is 0 Å². The Morgan fingerprint density at radius 3 is 2.38 bits per heavy atom. The molecule has 0 amide bonds. The highest BCUT2D eigenvalue weighted by Crippen LogP contribution is 2.26. The van der Waals surface area contributed by atoms with Crippen LogP contribution in [0.1, 0.15) is 0 Å². The zero-order chi connectivity index (χ0) is 11.4. The Morgan fingerprint density at radius 1 is 0.938 bits per heavy atom. The molecule has 2 nitrogen and oxygen atoms in total. The van der Waals surface area contributed by atoms with Crippen LogP contribution >= 0.6 is 34.2 Å². The van der Waals surface area contributed by atoms with Crippen LogP contribution in [0.25, 0.3) is 0 Å². The molecule has 0 aromatic heterocycles. The van der Waals surface area contributed by atoms with Crippen molar-refractivity contribution in [2.24, 2.45) is 10.2 Å². The van der Waals surface area contributed by atoms with Gasteiger partial charge in [-0.2, -0.15) is 5.11 Å². The molecule has 0 aliphatic rings. The lowest BCUT2D eigenvalue weighted by atomic mass is 10.3. The third kappa shape index (κ3) is 3.02. The predicted octanol–water partition coefficient (Wildman–Crippen LogP) is 5.36. The number of nitrogens with zero attached hydrogens (tertiary/aromatic N) is 2. The molecule has 0 heterocycles. The Hall–Kier alpha value is -0.940. The van der Waals surface area contributed by atoms with Crippen LogP contribution in [0.15, 0.2) is 58.8 Å². The number of halogens is 2. The second-order valence-electron chi connectivity index (χ2n) is 3.13. The van der Waals surface area contributed by atoms with Crippen molar-refractivity contribution in [1.82, 2.24) is 0 Å². The third-order valence-electron chi connectivity index (χ3n) is 1.94. The summed E-state index contributed by atoms with van der Waals surface area (Å²) in [4.78, 5) is 0. The molecule has 2 rings (SSSR count). The molecule has 0 bridgehead atoms. The maximum atomic E-state index is 5.86. The van der Waals surface area contributed by atoms with Crippen LogP contribution in [0.5, 0.6) is 0 Å². The summed E-state index contributed by atoms with van der Waals surface area (Å²) in [5.74, 6) is 0. The molecule has 0 aliphatic heterocycles. The molecule has 0 N–H and O–H groups in total. The Balaban J connectivity index is 2.24. The van der Waals surface area contributed by atoms with E-state index in [4.69, 9.17) is 11.6 Å². The first-order valence-electron chi connectivity index (χ1n) is 4.67. The first-order valence-corrected chi connectivity index (χ1v) is 6.13. The summed E-state index contributed by atoms with van der Waals surface area (Å²) in [5, 5.41) is 9.03. The molecule has 16 heavy (non-hydrogen) atoms. The van der Waals surface area contributed by atoms with E-state index >= 15 is 0 Å². The van der Waals surface area contributed by atoms with Crippen molar-refractivity contribution >= 4 is 45.6 Å². The lowest BCUT2D eigenvalue weighted by Gasteiger charge is -1.97. The van der Waals surface area contributed by atoms with Gasteiger partial charge in [0.05, 0.1) is 11.4 Å². The highest BCUT2D eigenvalue weighted by molar-refractivity contribution is 14.1. The second kappa shape index (κ2) is 5.41. The van der Waals surface area contributed by atoms with Gasteiger partial charge in [0.2, 0.25) is 0 Å². The van der Waals surface area contributed by atoms with E-state index in [2.05, 4.69) is 32.8 Å². The maximum Gasteiger partial charge on any atom is 0.0991 e. The van der Waals surface area contributed by atoms with Gasteiger partial charge in [0, 0.05) is 8.59 Å². The Morgan fingerprint density at radius 2 is 1.69 bits per heavy atom. The fourth-order valence-corrected chi connectivity index (χ4v) is 2.15. The van der Waals surface area contributed by atoms with Crippen LogP contribution in [0.2, 0.25) is 5.02 Å². The molecule has 0 fully saturated rings. The largest absolute Gasteiger partial charge is 0.151 e. The molecule has 2 aromatic carbocycles. The van der Waals surface area contributed by atoms with Gasteiger partial charge in [0.1, 0.15) is 0 Å². The quantitative estimate of drug-likeness (QED) is 0.518. The molecule has 0 spiro atoms. The summed E-state index contributed by atoms with van der Waals surface area (Å²) >= 11 is 8.05. The topological polar surface area (TPSA) is 24.7 Å². The molecule has 0 unspecified atom stereocenters. The first-order chi connectivity index (χ1) is 7.75. The van der Waals surface area contributed by atoms with Gasteiger partial charge in [0.25, 0.3) is 0 Å². The van der Waals surface area contributed by atoms with E-state index in [0.29, 0.717) is 5.02 Å². The van der Waals surface area contributed by atoms with Crippen LogP contribution in [-0.4, -0.2) is 0 Å². The van der Waals surface area contributed by atoms with Gasteiger partial charge in [-0.25, -0.2) is 0 Å². The summed E-state index contributed by atoms with van der Waals surface area (Å²) < 4.78 is 0.991. The Kier molecular flexibility index (Phi) is 3.90. The summed E-state index contributed by atoms with van der Waals surface area (Å²) in [6.07, 6.45) is 0. The van der Waals surface area contributed by atoms with Crippen LogP contribution in [0.4, 0.5) is 11.4 Å². The van der Waals surface area contributed by atoms with Gasteiger partial charge >= 0.3 is 0 Å². The van der Waals surface area contributed by atoms with Crippen LogP contribution in [0.3, 0.4) is 0 Å². The fraction of sp³-hybridized carbons (Fsp3) is 0. The molecular weight excluding hydrogens is 335 g/mol. The van der Waals surface area contributed by atoms with Crippen molar-refractivity contribution < 1.29 is 0 Å². The first kappa shape index (κ1) is 11.5. The highest BCUT2D eigenvalue weighted by atomic mass is 127. The van der Waals surface area contributed by atoms with Crippen LogP contribution in [-0.2, 0) is 0 Å². The van der Waals surface area contributed by atoms with Crippen LogP contribution in [0, 0.1) is 3.57 Å². The normalized spacial score (nSPS) is 10.9. The van der Waals surface area contributed by atoms with E-state index in [-0.39, 0.29) is 0 Å². The zero-order valence-electron chi connectivity index (χ0n) is 8.27. The van der Waals surface area contributed by atoms with E-state index in [9.17, 15) is 0 Å². The Bertz CT molecular complexity index is 512. The second-order valence-corrected chi connectivity index (χ2v) is 4.73. The summed E-state index contributed by atoms with van der Waals surface area (Å²) in [7, 11) is 0. The van der Waals surface area contributed by atoms with E-state index in [1.165, 1.54) is 0 Å². The van der Waals surface area contributed by atoms with Crippen molar-refractivity contribution in [1.29, 1.82) is 0 Å². The molecule has 0 aliphatic carbocycles. The number of benzene rings is 2. The van der Waals surface area contributed by atoms with Crippen molar-refractivity contribution in [3.8, 4) is 0 Å². The third-order valence-corrected chi connectivity index (χ3v) is 3.04. The van der Waals surface area contributed by atoms with Crippen molar-refractivity contribution in [2.75, 3.05) is 0 Å². The molecule has 0 saturated heterocycles. The monoisotopic (exact) mass is 342 g/mol. The molecule has 0 atom stereocenters. The number of rotatable bonds is 2. The smallest absolute Gasteiger partial charge is 0.0991 e. The summed E-state index contributed by atoms with van der Waals surface area (Å²) in [6, 6.07) is 15.2.